The maximum absolute atomic E-state index is 13.4. The van der Waals surface area contributed by atoms with Crippen molar-refractivity contribution in [2.75, 3.05) is 13.2 Å². The third kappa shape index (κ3) is 3.32. The van der Waals surface area contributed by atoms with Gasteiger partial charge < -0.3 is 23.7 Å². The molecule has 1 unspecified atom stereocenters. The minimum Gasteiger partial charge on any atom is -0.566 e. The molecule has 0 amide bonds. The predicted molar refractivity (Wildman–Crippen MR) is 112 cm³/mol. The molecule has 0 fully saturated rings. The Hall–Kier alpha value is -2.33. The maximum atomic E-state index is 13.4. The summed E-state index contributed by atoms with van der Waals surface area (Å²) in [5, 5.41) is 0.844. The van der Waals surface area contributed by atoms with Gasteiger partial charge in [-0.15, -0.1) is 4.52 Å². The Bertz CT molecular complexity index is 1460. The van der Waals surface area contributed by atoms with Crippen molar-refractivity contribution in [3.8, 4) is 22.9 Å². The number of carbonyl (C=O) groups is 1. The molecular formula is C22H17N2NaO8P+. The van der Waals surface area contributed by atoms with Gasteiger partial charge in [0.2, 0.25) is 5.60 Å². The summed E-state index contributed by atoms with van der Waals surface area (Å²) in [4.78, 5) is 42.3. The fraction of sp³-hybridized carbons (Fsp3) is 0.318. The second-order valence-corrected chi connectivity index (χ2v) is 8.70. The number of pyridine rings is 2. The fourth-order valence-electron chi connectivity index (χ4n) is 4.79. The first kappa shape index (κ1) is 23.4. The van der Waals surface area contributed by atoms with Crippen molar-refractivity contribution in [2.24, 2.45) is 0 Å². The van der Waals surface area contributed by atoms with Crippen LogP contribution in [0.2, 0.25) is 0 Å². The van der Waals surface area contributed by atoms with Gasteiger partial charge in [-0.05, 0) is 29.2 Å². The molecule has 3 aliphatic rings. The van der Waals surface area contributed by atoms with Crippen LogP contribution in [0.4, 0.5) is 0 Å². The number of rotatable bonds is 3. The van der Waals surface area contributed by atoms with Gasteiger partial charge in [0, 0.05) is 22.6 Å². The Morgan fingerprint density at radius 1 is 1.15 bits per heavy atom. The van der Waals surface area contributed by atoms with Crippen LogP contribution in [0.15, 0.2) is 29.1 Å². The minimum atomic E-state index is -3.38. The molecule has 2 aromatic heterocycles. The Labute approximate surface area is 216 Å². The average Bonchev–Trinajstić information content (AvgIpc) is 3.15. The third-order valence-corrected chi connectivity index (χ3v) is 6.83. The van der Waals surface area contributed by atoms with E-state index in [2.05, 4.69) is 0 Å². The molecule has 0 saturated heterocycles. The van der Waals surface area contributed by atoms with Crippen LogP contribution in [0.3, 0.4) is 0 Å². The number of carbonyl (C=O) groups excluding carboxylic acids is 1. The largest absolute Gasteiger partial charge is 1.00 e. The number of nitrogens with zero attached hydrogens (tertiary/aromatic N) is 2. The first-order valence-electron chi connectivity index (χ1n) is 10.4. The number of benzene rings is 1. The number of cyclic esters (lactones) is 1. The van der Waals surface area contributed by atoms with Gasteiger partial charge >= 0.3 is 43.8 Å². The van der Waals surface area contributed by atoms with Gasteiger partial charge in [0.15, 0.2) is 11.5 Å². The summed E-state index contributed by atoms with van der Waals surface area (Å²) < 4.78 is 34.6. The molecule has 0 radical (unpaired) electrons. The number of esters is 1. The Balaban J connectivity index is 0.00000241. The van der Waals surface area contributed by atoms with Crippen LogP contribution in [0.1, 0.15) is 30.0 Å². The summed E-state index contributed by atoms with van der Waals surface area (Å²) in [6.07, 6.45) is -0.0213. The number of hydrogen-bond acceptors (Lipinski definition) is 9. The molecule has 1 aromatic carbocycles. The molecule has 3 aromatic rings. The number of fused-ring (bicyclic) bond motifs is 6. The first-order valence-corrected chi connectivity index (χ1v) is 11.5. The smallest absolute Gasteiger partial charge is 0.566 e. The van der Waals surface area contributed by atoms with Crippen molar-refractivity contribution in [1.29, 1.82) is 0 Å². The van der Waals surface area contributed by atoms with Crippen molar-refractivity contribution in [2.45, 2.75) is 32.1 Å². The third-order valence-electron chi connectivity index (χ3n) is 6.37. The van der Waals surface area contributed by atoms with Crippen molar-refractivity contribution >= 4 is 25.1 Å². The standard InChI is InChI=1S/C22H17N2O8P.Na/c1-2-22(32-33(27)28)14-7-16-19-12(9-24(16)20(25)13(14)10-31-21(22)26)5-11-6-17-18(8-15(11)23-19)30-4-3-29-17;/h5-8H,2-4,9-10H2,1H3;/q;+1/t22-;/m0./s1. The summed E-state index contributed by atoms with van der Waals surface area (Å²) in [6.45, 7) is 2.56. The molecule has 12 heteroatoms. The fourth-order valence-corrected chi connectivity index (χ4v) is 5.34. The van der Waals surface area contributed by atoms with Crippen LogP contribution in [0.25, 0.3) is 22.3 Å². The van der Waals surface area contributed by atoms with Gasteiger partial charge in [-0.3, -0.25) is 4.79 Å². The summed E-state index contributed by atoms with van der Waals surface area (Å²) in [7, 11) is -3.38. The van der Waals surface area contributed by atoms with Gasteiger partial charge in [0.1, 0.15) is 19.8 Å². The van der Waals surface area contributed by atoms with Crippen molar-refractivity contribution in [3.63, 3.8) is 0 Å². The zero-order valence-electron chi connectivity index (χ0n) is 18.5. The quantitative estimate of drug-likeness (QED) is 0.199. The molecule has 3 aliphatic heterocycles. The Morgan fingerprint density at radius 2 is 1.88 bits per heavy atom. The van der Waals surface area contributed by atoms with Gasteiger partial charge in [-0.2, -0.15) is 0 Å². The molecule has 6 rings (SSSR count). The molecule has 34 heavy (non-hydrogen) atoms. The second kappa shape index (κ2) is 8.41. The number of hydrogen-bond donors (Lipinski definition) is 0. The predicted octanol–water partition coefficient (Wildman–Crippen LogP) is -1.10. The van der Waals surface area contributed by atoms with Gasteiger partial charge in [0.25, 0.3) is 5.56 Å². The summed E-state index contributed by atoms with van der Waals surface area (Å²) in [5.74, 6) is 0.405. The van der Waals surface area contributed by atoms with E-state index in [0.29, 0.717) is 41.6 Å². The van der Waals surface area contributed by atoms with E-state index in [0.717, 1.165) is 10.9 Å². The molecule has 0 aliphatic carbocycles. The molecule has 5 heterocycles. The molecule has 2 atom stereocenters. The molecule has 0 saturated carbocycles. The molecule has 0 N–H and O–H groups in total. The van der Waals surface area contributed by atoms with Gasteiger partial charge in [-0.1, -0.05) is 6.92 Å². The molecular weight excluding hydrogens is 474 g/mol. The first-order chi connectivity index (χ1) is 15.9. The minimum absolute atomic E-state index is 0. The van der Waals surface area contributed by atoms with E-state index < -0.39 is 19.8 Å². The van der Waals surface area contributed by atoms with E-state index in [1.807, 2.05) is 12.1 Å². The Morgan fingerprint density at radius 3 is 2.59 bits per heavy atom. The number of aromatic nitrogens is 2. The summed E-state index contributed by atoms with van der Waals surface area (Å²) in [6, 6.07) is 7.23. The number of ether oxygens (including phenoxy) is 3. The zero-order valence-corrected chi connectivity index (χ0v) is 21.3. The van der Waals surface area contributed by atoms with Crippen molar-refractivity contribution < 1.29 is 62.5 Å². The van der Waals surface area contributed by atoms with Crippen LogP contribution < -0.4 is 49.5 Å². The van der Waals surface area contributed by atoms with E-state index in [9.17, 15) is 19.0 Å². The van der Waals surface area contributed by atoms with E-state index >= 15 is 0 Å². The van der Waals surface area contributed by atoms with Gasteiger partial charge in [-0.25, -0.2) is 9.78 Å². The normalized spacial score (nSPS) is 20.1. The second-order valence-electron chi connectivity index (χ2n) is 8.07. The van der Waals surface area contributed by atoms with E-state index in [1.54, 1.807) is 23.6 Å². The monoisotopic (exact) mass is 491 g/mol. The van der Waals surface area contributed by atoms with Crippen LogP contribution >= 0.6 is 8.25 Å². The van der Waals surface area contributed by atoms with Crippen LogP contribution in [-0.2, 0) is 37.4 Å². The molecule has 0 bridgehead atoms. The molecule has 168 valence electrons. The summed E-state index contributed by atoms with van der Waals surface area (Å²) >= 11 is 0. The summed E-state index contributed by atoms with van der Waals surface area (Å²) in [5.41, 5.74) is 0.685. The molecule has 0 spiro atoms. The van der Waals surface area contributed by atoms with Crippen LogP contribution in [0.5, 0.6) is 11.5 Å². The van der Waals surface area contributed by atoms with Crippen LogP contribution in [0, 0.1) is 0 Å². The van der Waals surface area contributed by atoms with Gasteiger partial charge in [0.05, 0.1) is 29.0 Å². The van der Waals surface area contributed by atoms with E-state index in [4.69, 9.17) is 23.7 Å². The zero-order chi connectivity index (χ0) is 22.9. The molecule has 10 nitrogen and oxygen atoms in total. The topological polar surface area (TPSA) is 129 Å². The average molecular weight is 491 g/mol. The van der Waals surface area contributed by atoms with E-state index in [-0.39, 0.29) is 65.8 Å². The maximum Gasteiger partial charge on any atom is 1.00 e. The SMILES string of the molecule is CC[C@@]1(O[P+](=O)[O-])C(=O)OCc2c1cc1n(c2=O)Cc2cc3cc4c(cc3nc2-1)OCCO4.[Na+]. The van der Waals surface area contributed by atoms with Crippen molar-refractivity contribution in [3.05, 3.63) is 51.3 Å². The van der Waals surface area contributed by atoms with Crippen molar-refractivity contribution in [1.82, 2.24) is 9.55 Å². The Kier molecular flexibility index (Phi) is 5.79. The van der Waals surface area contributed by atoms with E-state index in [1.165, 1.54) is 0 Å². The van der Waals surface area contributed by atoms with Crippen LogP contribution in [-0.4, -0.2) is 28.7 Å².